The van der Waals surface area contributed by atoms with Crippen LogP contribution in [0.5, 0.6) is 0 Å². The van der Waals surface area contributed by atoms with E-state index in [2.05, 4.69) is 238 Å². The Morgan fingerprint density at radius 3 is 1.30 bits per heavy atom. The van der Waals surface area contributed by atoms with Crippen molar-refractivity contribution in [1.82, 2.24) is 18.3 Å². The van der Waals surface area contributed by atoms with Crippen LogP contribution in [-0.2, 0) is 11.8 Å². The molecule has 0 saturated carbocycles. The molecule has 15 rings (SSSR count). The minimum Gasteiger partial charge on any atom is -0.313 e. The molecule has 67 heavy (non-hydrogen) atoms. The third kappa shape index (κ3) is 4.97. The number of fused-ring (bicyclic) bond motifs is 15. The van der Waals surface area contributed by atoms with Crippen molar-refractivity contribution in [3.63, 3.8) is 0 Å². The van der Waals surface area contributed by atoms with Crippen LogP contribution < -0.4 is 0 Å². The minimum absolute atomic E-state index is 0.236. The van der Waals surface area contributed by atoms with E-state index in [0.29, 0.717) is 0 Å². The molecular formula is C63H44N4. The zero-order valence-electron chi connectivity index (χ0n) is 37.3. The summed E-state index contributed by atoms with van der Waals surface area (Å²) in [5, 5.41) is 8.94. The number of nitrogens with zero attached hydrogens (tertiary/aromatic N) is 4. The van der Waals surface area contributed by atoms with Crippen LogP contribution in [-0.4, -0.2) is 18.3 Å². The van der Waals surface area contributed by atoms with Crippen molar-refractivity contribution in [3.05, 3.63) is 223 Å². The van der Waals surface area contributed by atoms with Gasteiger partial charge in [0.25, 0.3) is 0 Å². The van der Waals surface area contributed by atoms with Crippen LogP contribution in [0, 0.1) is 0 Å². The van der Waals surface area contributed by atoms with Gasteiger partial charge in [0.15, 0.2) is 0 Å². The van der Waals surface area contributed by atoms with E-state index < -0.39 is 0 Å². The summed E-state index contributed by atoms with van der Waals surface area (Å²) in [5.41, 5.74) is 21.3. The predicted octanol–water partition coefficient (Wildman–Crippen LogP) is 16.2. The Morgan fingerprint density at radius 2 is 0.761 bits per heavy atom. The second kappa shape index (κ2) is 13.4. The lowest BCUT2D eigenvalue weighted by atomic mass is 9.82. The zero-order valence-corrected chi connectivity index (χ0v) is 37.3. The molecule has 9 aromatic carbocycles. The first-order valence-electron chi connectivity index (χ1n) is 23.7. The summed E-state index contributed by atoms with van der Waals surface area (Å²) in [6.45, 7) is 4.87. The molecular weight excluding hydrogens is 813 g/mol. The average Bonchev–Trinajstić information content (AvgIpc) is 4.14. The Labute approximate surface area is 387 Å². The van der Waals surface area contributed by atoms with Crippen LogP contribution in [0.2, 0.25) is 0 Å². The van der Waals surface area contributed by atoms with E-state index in [1.54, 1.807) is 0 Å². The van der Waals surface area contributed by atoms with Crippen molar-refractivity contribution in [2.24, 2.45) is 0 Å². The van der Waals surface area contributed by atoms with Crippen LogP contribution in [0.3, 0.4) is 0 Å². The maximum absolute atomic E-state index is 2.59. The van der Waals surface area contributed by atoms with Crippen molar-refractivity contribution < 1.29 is 0 Å². The molecule has 0 bridgehead atoms. The highest BCUT2D eigenvalue weighted by Gasteiger charge is 2.38. The topological polar surface area (TPSA) is 19.7 Å². The summed E-state index contributed by atoms with van der Waals surface area (Å²) in [6.07, 6.45) is 6.80. The van der Waals surface area contributed by atoms with E-state index in [4.69, 9.17) is 0 Å². The molecule has 0 radical (unpaired) electrons. The number of rotatable bonds is 4. The molecule has 4 heteroatoms. The Morgan fingerprint density at radius 1 is 0.343 bits per heavy atom. The first-order chi connectivity index (χ1) is 33.0. The van der Waals surface area contributed by atoms with Gasteiger partial charge < -0.3 is 18.3 Å². The Hall–Kier alpha value is -8.34. The predicted molar refractivity (Wildman–Crippen MR) is 281 cm³/mol. The zero-order chi connectivity index (χ0) is 44.1. The third-order valence-corrected chi connectivity index (χ3v) is 15.4. The number of hydrogen-bond donors (Lipinski definition) is 0. The van der Waals surface area contributed by atoms with Crippen molar-refractivity contribution in [1.29, 1.82) is 0 Å². The minimum atomic E-state index is -0.236. The van der Waals surface area contributed by atoms with Gasteiger partial charge in [0, 0.05) is 77.1 Å². The molecule has 316 valence electrons. The second-order valence-electron chi connectivity index (χ2n) is 19.2. The fourth-order valence-corrected chi connectivity index (χ4v) is 12.4. The van der Waals surface area contributed by atoms with Gasteiger partial charge in [-0.25, -0.2) is 0 Å². The third-order valence-electron chi connectivity index (χ3n) is 15.4. The summed E-state index contributed by atoms with van der Waals surface area (Å²) in [4.78, 5) is 0. The average molecular weight is 857 g/mol. The normalized spacial score (nSPS) is 14.1. The van der Waals surface area contributed by atoms with E-state index in [1.165, 1.54) is 133 Å². The van der Waals surface area contributed by atoms with Crippen molar-refractivity contribution in [2.75, 3.05) is 0 Å². The number of allylic oxidation sites excluding steroid dienone is 1. The van der Waals surface area contributed by atoms with Crippen LogP contribution >= 0.6 is 0 Å². The quantitative estimate of drug-likeness (QED) is 0.168. The number of para-hydroxylation sites is 5. The van der Waals surface area contributed by atoms with Gasteiger partial charge in [-0.3, -0.25) is 0 Å². The first-order valence-corrected chi connectivity index (χ1v) is 23.7. The number of aromatic nitrogens is 4. The molecule has 4 heterocycles. The van der Waals surface area contributed by atoms with Crippen LogP contribution in [0.1, 0.15) is 42.7 Å². The summed E-state index contributed by atoms with van der Waals surface area (Å²) in [5.74, 6) is 0. The molecule has 13 aromatic rings. The van der Waals surface area contributed by atoms with Crippen molar-refractivity contribution in [3.8, 4) is 33.9 Å². The summed E-state index contributed by atoms with van der Waals surface area (Å²) >= 11 is 0. The molecule has 0 amide bonds. The Kier molecular flexibility index (Phi) is 7.37. The van der Waals surface area contributed by atoms with Crippen molar-refractivity contribution >= 4 is 82.4 Å². The smallest absolute Gasteiger partial charge is 0.0544 e. The highest BCUT2D eigenvalue weighted by atomic mass is 15.0. The number of hydrogen-bond acceptors (Lipinski definition) is 0. The molecule has 4 aromatic heterocycles. The Balaban J connectivity index is 0.933. The lowest BCUT2D eigenvalue weighted by Crippen LogP contribution is -2.15. The maximum Gasteiger partial charge on any atom is 0.0544 e. The molecule has 0 N–H and O–H groups in total. The van der Waals surface area contributed by atoms with Gasteiger partial charge in [-0.2, -0.15) is 0 Å². The van der Waals surface area contributed by atoms with Crippen LogP contribution in [0.25, 0.3) is 116 Å². The first kappa shape index (κ1) is 36.9. The standard InChI is InChI=1S/C63H44N4/c1-63(2)53-37-61-51(45-23-11-15-27-57(45)66(61)41-29-31-59-49(33-41)43-21-9-13-25-55(43)64(59)39-17-5-3-6-18-39)35-47(53)48-36-52-46-24-12-16-28-58(46)67(62(52)38-54(48)63)42-30-32-60-50(34-42)44-22-10-14-26-56(44)65(60)40-19-7-4-8-20-40/h3-15,17-27,29-38H,16,28H2,1-2H3. The monoisotopic (exact) mass is 856 g/mol. The summed E-state index contributed by atoms with van der Waals surface area (Å²) < 4.78 is 9.90. The highest BCUT2D eigenvalue weighted by molar-refractivity contribution is 6.15. The lowest BCUT2D eigenvalue weighted by Gasteiger charge is -2.22. The number of benzene rings is 9. The van der Waals surface area contributed by atoms with Gasteiger partial charge in [-0.05, 0) is 138 Å². The molecule has 0 aliphatic heterocycles. The van der Waals surface area contributed by atoms with Gasteiger partial charge in [-0.1, -0.05) is 117 Å². The SMILES string of the molecule is CC1(C)c2cc3c(cc2-c2cc4c5ccccc5n(-c5ccc6c(c5)c5ccccc5n6-c5ccccc5)c4cc21)c1c(n3-c2ccc3c(c2)c2ccccc2n3-c2ccccc2)CCC=C1. The Bertz CT molecular complexity index is 4280. The highest BCUT2D eigenvalue weighted by Crippen LogP contribution is 2.53. The lowest BCUT2D eigenvalue weighted by molar-refractivity contribution is 0.661. The van der Waals surface area contributed by atoms with Crippen LogP contribution in [0.4, 0.5) is 0 Å². The molecule has 0 fully saturated rings. The van der Waals surface area contributed by atoms with E-state index in [-0.39, 0.29) is 5.41 Å². The second-order valence-corrected chi connectivity index (χ2v) is 19.2. The fraction of sp³-hybridized carbons (Fsp3) is 0.0794. The maximum atomic E-state index is 2.59. The van der Waals surface area contributed by atoms with E-state index in [1.807, 2.05) is 0 Å². The summed E-state index contributed by atoms with van der Waals surface area (Å²) in [6, 6.07) is 72.4. The van der Waals surface area contributed by atoms with Gasteiger partial charge in [0.05, 0.1) is 38.6 Å². The molecule has 2 aliphatic rings. The van der Waals surface area contributed by atoms with E-state index in [0.717, 1.165) is 12.8 Å². The molecule has 4 nitrogen and oxygen atoms in total. The van der Waals surface area contributed by atoms with Crippen molar-refractivity contribution in [2.45, 2.75) is 32.1 Å². The van der Waals surface area contributed by atoms with Gasteiger partial charge in [0.2, 0.25) is 0 Å². The fourth-order valence-electron chi connectivity index (χ4n) is 12.4. The molecule has 0 unspecified atom stereocenters. The molecule has 2 aliphatic carbocycles. The van der Waals surface area contributed by atoms with Gasteiger partial charge in [0.1, 0.15) is 0 Å². The van der Waals surface area contributed by atoms with E-state index >= 15 is 0 Å². The van der Waals surface area contributed by atoms with Gasteiger partial charge in [-0.15, -0.1) is 0 Å². The largest absolute Gasteiger partial charge is 0.313 e. The molecule has 0 atom stereocenters. The molecule has 0 spiro atoms. The molecule has 0 saturated heterocycles. The van der Waals surface area contributed by atoms with E-state index in [9.17, 15) is 0 Å². The van der Waals surface area contributed by atoms with Gasteiger partial charge >= 0.3 is 0 Å². The summed E-state index contributed by atoms with van der Waals surface area (Å²) in [7, 11) is 0. The van der Waals surface area contributed by atoms with Crippen LogP contribution in [0.15, 0.2) is 200 Å².